The van der Waals surface area contributed by atoms with Crippen LogP contribution in [0.4, 0.5) is 0 Å². The van der Waals surface area contributed by atoms with E-state index in [1.54, 1.807) is 0 Å². The second-order valence-corrected chi connectivity index (χ2v) is 6.76. The summed E-state index contributed by atoms with van der Waals surface area (Å²) in [5, 5.41) is 11.0. The fourth-order valence-corrected chi connectivity index (χ4v) is 3.17. The lowest BCUT2D eigenvalue weighted by atomic mass is 10.1. The first-order valence-corrected chi connectivity index (χ1v) is 8.91. The van der Waals surface area contributed by atoms with Gasteiger partial charge in [0.1, 0.15) is 0 Å². The van der Waals surface area contributed by atoms with E-state index in [4.69, 9.17) is 0 Å². The molecule has 0 saturated heterocycles. The van der Waals surface area contributed by atoms with Crippen LogP contribution in [0, 0.1) is 0 Å². The Labute approximate surface area is 149 Å². The lowest BCUT2D eigenvalue weighted by Gasteiger charge is -2.15. The molecule has 3 rings (SSSR count). The molecule has 6 heteroatoms. The van der Waals surface area contributed by atoms with Crippen molar-refractivity contribution in [2.75, 3.05) is 33.7 Å². The van der Waals surface area contributed by atoms with Crippen LogP contribution < -0.4 is 10.6 Å². The van der Waals surface area contributed by atoms with Crippen molar-refractivity contribution in [2.45, 2.75) is 25.9 Å². The number of rotatable bonds is 7. The van der Waals surface area contributed by atoms with Gasteiger partial charge in [0.15, 0.2) is 5.69 Å². The summed E-state index contributed by atoms with van der Waals surface area (Å²) in [5.41, 5.74) is 4.00. The van der Waals surface area contributed by atoms with E-state index in [0.29, 0.717) is 25.3 Å². The van der Waals surface area contributed by atoms with Gasteiger partial charge in [-0.25, -0.2) is 0 Å². The van der Waals surface area contributed by atoms with Gasteiger partial charge in [-0.1, -0.05) is 30.3 Å². The molecule has 1 aliphatic rings. The maximum absolute atomic E-state index is 12.6. The molecule has 0 unspecified atom stereocenters. The summed E-state index contributed by atoms with van der Waals surface area (Å²) in [6.45, 7) is 3.98. The van der Waals surface area contributed by atoms with Gasteiger partial charge < -0.3 is 15.5 Å². The maximum Gasteiger partial charge on any atom is 0.272 e. The van der Waals surface area contributed by atoms with Crippen LogP contribution in [0.5, 0.6) is 0 Å². The number of fused-ring (bicyclic) bond motifs is 1. The summed E-state index contributed by atoms with van der Waals surface area (Å²) >= 11 is 0. The number of nitrogens with one attached hydrogen (secondary N) is 2. The molecule has 0 spiro atoms. The Morgan fingerprint density at radius 3 is 2.88 bits per heavy atom. The van der Waals surface area contributed by atoms with Gasteiger partial charge in [-0.3, -0.25) is 9.48 Å². The SMILES string of the molecule is CN(C)CCCNC(=O)c1nn(Cc2ccccc2)c2c1CNCC2. The Hall–Kier alpha value is -2.18. The zero-order valence-electron chi connectivity index (χ0n) is 15.1. The minimum absolute atomic E-state index is 0.0643. The Morgan fingerprint density at radius 2 is 2.12 bits per heavy atom. The molecule has 6 nitrogen and oxygen atoms in total. The smallest absolute Gasteiger partial charge is 0.272 e. The van der Waals surface area contributed by atoms with Gasteiger partial charge in [-0.15, -0.1) is 0 Å². The van der Waals surface area contributed by atoms with Crippen molar-refractivity contribution in [3.05, 3.63) is 52.8 Å². The van der Waals surface area contributed by atoms with Crippen molar-refractivity contribution in [1.29, 1.82) is 0 Å². The third kappa shape index (κ3) is 4.46. The van der Waals surface area contributed by atoms with Gasteiger partial charge in [0, 0.05) is 37.3 Å². The van der Waals surface area contributed by atoms with Crippen LogP contribution >= 0.6 is 0 Å². The summed E-state index contributed by atoms with van der Waals surface area (Å²) in [4.78, 5) is 14.7. The predicted octanol–water partition coefficient (Wildman–Crippen LogP) is 1.26. The van der Waals surface area contributed by atoms with Gasteiger partial charge in [0.2, 0.25) is 0 Å². The summed E-state index contributed by atoms with van der Waals surface area (Å²) < 4.78 is 2.00. The third-order valence-electron chi connectivity index (χ3n) is 4.46. The molecule has 1 aliphatic heterocycles. The minimum Gasteiger partial charge on any atom is -0.351 e. The lowest BCUT2D eigenvalue weighted by molar-refractivity contribution is 0.0945. The normalized spacial score (nSPS) is 13.7. The van der Waals surface area contributed by atoms with Crippen LogP contribution in [0.15, 0.2) is 30.3 Å². The molecule has 1 aromatic carbocycles. The number of carbonyl (C=O) groups excluding carboxylic acids is 1. The number of hydrogen-bond donors (Lipinski definition) is 2. The van der Waals surface area contributed by atoms with E-state index in [-0.39, 0.29) is 5.91 Å². The highest BCUT2D eigenvalue weighted by atomic mass is 16.1. The average molecular weight is 341 g/mol. The molecule has 0 saturated carbocycles. The summed E-state index contributed by atoms with van der Waals surface area (Å²) in [5.74, 6) is -0.0643. The lowest BCUT2D eigenvalue weighted by Crippen LogP contribution is -2.30. The van der Waals surface area contributed by atoms with E-state index >= 15 is 0 Å². The molecule has 0 fully saturated rings. The number of aromatic nitrogens is 2. The Bertz CT molecular complexity index is 708. The molecule has 134 valence electrons. The van der Waals surface area contributed by atoms with E-state index in [9.17, 15) is 4.79 Å². The van der Waals surface area contributed by atoms with Crippen LogP contribution in [0.3, 0.4) is 0 Å². The fourth-order valence-electron chi connectivity index (χ4n) is 3.17. The zero-order chi connectivity index (χ0) is 17.6. The Balaban J connectivity index is 1.74. The number of amides is 1. The minimum atomic E-state index is -0.0643. The number of benzene rings is 1. The largest absolute Gasteiger partial charge is 0.351 e. The summed E-state index contributed by atoms with van der Waals surface area (Å²) in [6, 6.07) is 10.3. The van der Waals surface area contributed by atoms with Crippen LogP contribution in [0.2, 0.25) is 0 Å². The first-order valence-electron chi connectivity index (χ1n) is 8.91. The van der Waals surface area contributed by atoms with Crippen LogP contribution in [0.1, 0.15) is 33.7 Å². The molecular weight excluding hydrogens is 314 g/mol. The number of carbonyl (C=O) groups is 1. The fraction of sp³-hybridized carbons (Fsp3) is 0.474. The van der Waals surface area contributed by atoms with E-state index in [1.807, 2.05) is 37.0 Å². The predicted molar refractivity (Wildman–Crippen MR) is 98.7 cm³/mol. The monoisotopic (exact) mass is 341 g/mol. The van der Waals surface area contributed by atoms with E-state index in [2.05, 4.69) is 32.8 Å². The maximum atomic E-state index is 12.6. The molecule has 0 aliphatic carbocycles. The van der Waals surface area contributed by atoms with E-state index in [1.165, 1.54) is 11.3 Å². The average Bonchev–Trinajstić information content (AvgIpc) is 2.98. The molecule has 0 atom stereocenters. The van der Waals surface area contributed by atoms with Gasteiger partial charge in [0.25, 0.3) is 5.91 Å². The summed E-state index contributed by atoms with van der Waals surface area (Å²) in [6.07, 6.45) is 1.84. The van der Waals surface area contributed by atoms with Crippen molar-refractivity contribution in [1.82, 2.24) is 25.3 Å². The zero-order valence-corrected chi connectivity index (χ0v) is 15.1. The molecule has 25 heavy (non-hydrogen) atoms. The Morgan fingerprint density at radius 1 is 1.32 bits per heavy atom. The van der Waals surface area contributed by atoms with Crippen LogP contribution in [-0.2, 0) is 19.5 Å². The van der Waals surface area contributed by atoms with E-state index in [0.717, 1.165) is 31.5 Å². The van der Waals surface area contributed by atoms with Crippen molar-refractivity contribution < 1.29 is 4.79 Å². The van der Waals surface area contributed by atoms with Gasteiger partial charge in [-0.05, 0) is 32.6 Å². The standard InChI is InChI=1S/C19H27N5O/c1-23(2)12-6-10-21-19(25)18-16-13-20-11-9-17(16)24(22-18)14-15-7-4-3-5-8-15/h3-5,7-8,20H,6,9-14H2,1-2H3,(H,21,25). The Kier molecular flexibility index (Phi) is 5.83. The number of nitrogens with zero attached hydrogens (tertiary/aromatic N) is 3. The molecule has 1 aromatic heterocycles. The van der Waals surface area contributed by atoms with Crippen molar-refractivity contribution in [3.8, 4) is 0 Å². The molecule has 1 amide bonds. The van der Waals surface area contributed by atoms with E-state index < -0.39 is 0 Å². The first-order chi connectivity index (χ1) is 12.1. The third-order valence-corrected chi connectivity index (χ3v) is 4.46. The van der Waals surface area contributed by atoms with Crippen LogP contribution in [-0.4, -0.2) is 54.3 Å². The summed E-state index contributed by atoms with van der Waals surface area (Å²) in [7, 11) is 4.07. The van der Waals surface area contributed by atoms with Crippen LogP contribution in [0.25, 0.3) is 0 Å². The molecular formula is C19H27N5O. The quantitative estimate of drug-likeness (QED) is 0.745. The van der Waals surface area contributed by atoms with Gasteiger partial charge in [0.05, 0.1) is 6.54 Å². The van der Waals surface area contributed by atoms with Crippen molar-refractivity contribution in [2.24, 2.45) is 0 Å². The highest BCUT2D eigenvalue weighted by Gasteiger charge is 2.24. The second-order valence-electron chi connectivity index (χ2n) is 6.76. The highest BCUT2D eigenvalue weighted by molar-refractivity contribution is 5.94. The van der Waals surface area contributed by atoms with Crippen molar-refractivity contribution in [3.63, 3.8) is 0 Å². The van der Waals surface area contributed by atoms with Gasteiger partial charge >= 0.3 is 0 Å². The molecule has 0 radical (unpaired) electrons. The van der Waals surface area contributed by atoms with Gasteiger partial charge in [-0.2, -0.15) is 5.10 Å². The molecule has 2 aromatic rings. The second kappa shape index (κ2) is 8.27. The first kappa shape index (κ1) is 17.6. The molecule has 0 bridgehead atoms. The molecule has 2 heterocycles. The molecule has 2 N–H and O–H groups in total. The topological polar surface area (TPSA) is 62.2 Å². The highest BCUT2D eigenvalue weighted by Crippen LogP contribution is 2.19. The van der Waals surface area contributed by atoms with Crippen molar-refractivity contribution >= 4 is 5.91 Å². The number of hydrogen-bond acceptors (Lipinski definition) is 4.